The molecule has 0 aliphatic heterocycles. The highest BCUT2D eigenvalue weighted by molar-refractivity contribution is 5.87. The Labute approximate surface area is 209 Å². The third kappa shape index (κ3) is 22.3. The monoisotopic (exact) mass is 482 g/mol. The minimum absolute atomic E-state index is 0.0205. The Hall–Kier alpha value is -1.47. The van der Waals surface area contributed by atoms with Gasteiger partial charge in [0.1, 0.15) is 11.8 Å². The van der Waals surface area contributed by atoms with Gasteiger partial charge in [-0.15, -0.1) is 0 Å². The van der Waals surface area contributed by atoms with Crippen LogP contribution in [0.25, 0.3) is 0 Å². The van der Waals surface area contributed by atoms with Crippen LogP contribution in [0, 0.1) is 0 Å². The molecule has 0 radical (unpaired) electrons. The van der Waals surface area contributed by atoms with Gasteiger partial charge in [-0.1, -0.05) is 64.2 Å². The molecular formula is C27H54N4O3. The molecule has 0 rings (SSSR count). The second kappa shape index (κ2) is 23.3. The van der Waals surface area contributed by atoms with Crippen LogP contribution in [0.15, 0.2) is 0 Å². The van der Waals surface area contributed by atoms with Gasteiger partial charge in [0.15, 0.2) is 0 Å². The van der Waals surface area contributed by atoms with Crippen LogP contribution in [0.2, 0.25) is 0 Å². The van der Waals surface area contributed by atoms with Gasteiger partial charge in [0, 0.05) is 19.4 Å². The molecule has 200 valence electrons. The number of hydrogen-bond donors (Lipinski definition) is 3. The Morgan fingerprint density at radius 1 is 0.706 bits per heavy atom. The van der Waals surface area contributed by atoms with Crippen molar-refractivity contribution < 1.29 is 14.4 Å². The van der Waals surface area contributed by atoms with E-state index in [1.165, 1.54) is 57.8 Å². The fourth-order valence-corrected chi connectivity index (χ4v) is 3.98. The Kier molecular flexibility index (Phi) is 22.3. The molecule has 0 aromatic heterocycles. The predicted molar refractivity (Wildman–Crippen MR) is 142 cm³/mol. The first-order valence-corrected chi connectivity index (χ1v) is 13.7. The molecule has 0 fully saturated rings. The van der Waals surface area contributed by atoms with Crippen LogP contribution in [0.4, 0.5) is 0 Å². The minimum atomic E-state index is -0.464. The van der Waals surface area contributed by atoms with Gasteiger partial charge in [-0.3, -0.25) is 9.59 Å². The first-order chi connectivity index (χ1) is 16.4. The SMILES string of the molecule is CNCCC(NC(=O)CCCCCCCCCCCCCCC(C)=O)C(=O)NCCCN(C)C. The molecule has 0 saturated carbocycles. The van der Waals surface area contributed by atoms with Crippen molar-refractivity contribution in [2.75, 3.05) is 40.8 Å². The summed E-state index contributed by atoms with van der Waals surface area (Å²) in [6.07, 6.45) is 17.1. The van der Waals surface area contributed by atoms with Crippen molar-refractivity contribution in [1.29, 1.82) is 0 Å². The number of unbranched alkanes of at least 4 members (excludes halogenated alkanes) is 11. The lowest BCUT2D eigenvalue weighted by Gasteiger charge is -2.19. The van der Waals surface area contributed by atoms with E-state index in [2.05, 4.69) is 20.9 Å². The van der Waals surface area contributed by atoms with Crippen molar-refractivity contribution in [2.45, 2.75) is 116 Å². The highest BCUT2D eigenvalue weighted by Crippen LogP contribution is 2.13. The van der Waals surface area contributed by atoms with E-state index in [4.69, 9.17) is 0 Å². The number of hydrogen-bond acceptors (Lipinski definition) is 5. The number of ketones is 1. The minimum Gasteiger partial charge on any atom is -0.354 e. The summed E-state index contributed by atoms with van der Waals surface area (Å²) in [5.41, 5.74) is 0. The van der Waals surface area contributed by atoms with Gasteiger partial charge in [0.2, 0.25) is 11.8 Å². The van der Waals surface area contributed by atoms with Crippen molar-refractivity contribution in [3.8, 4) is 0 Å². The molecule has 0 aromatic carbocycles. The number of carbonyl (C=O) groups excluding carboxylic acids is 3. The quantitative estimate of drug-likeness (QED) is 0.179. The summed E-state index contributed by atoms with van der Waals surface area (Å²) < 4.78 is 0. The maximum Gasteiger partial charge on any atom is 0.242 e. The number of rotatable bonds is 24. The lowest BCUT2D eigenvalue weighted by molar-refractivity contribution is -0.129. The van der Waals surface area contributed by atoms with Crippen molar-refractivity contribution in [2.24, 2.45) is 0 Å². The molecule has 1 unspecified atom stereocenters. The molecule has 0 aromatic rings. The normalized spacial score (nSPS) is 12.0. The third-order valence-electron chi connectivity index (χ3n) is 6.10. The summed E-state index contributed by atoms with van der Waals surface area (Å²) in [7, 11) is 5.88. The lowest BCUT2D eigenvalue weighted by Crippen LogP contribution is -2.48. The van der Waals surface area contributed by atoms with E-state index in [1.807, 2.05) is 21.1 Å². The molecule has 0 aliphatic carbocycles. The summed E-state index contributed by atoms with van der Waals surface area (Å²) in [5.74, 6) is 0.203. The van der Waals surface area contributed by atoms with Gasteiger partial charge < -0.3 is 25.6 Å². The zero-order chi connectivity index (χ0) is 25.4. The largest absolute Gasteiger partial charge is 0.354 e. The molecule has 34 heavy (non-hydrogen) atoms. The van der Waals surface area contributed by atoms with Crippen LogP contribution < -0.4 is 16.0 Å². The van der Waals surface area contributed by atoms with Crippen LogP contribution >= 0.6 is 0 Å². The molecule has 0 aliphatic rings. The van der Waals surface area contributed by atoms with Crippen LogP contribution in [0.3, 0.4) is 0 Å². The van der Waals surface area contributed by atoms with E-state index in [0.717, 1.165) is 38.6 Å². The van der Waals surface area contributed by atoms with Gasteiger partial charge in [-0.2, -0.15) is 0 Å². The van der Waals surface area contributed by atoms with E-state index >= 15 is 0 Å². The highest BCUT2D eigenvalue weighted by atomic mass is 16.2. The maximum absolute atomic E-state index is 12.5. The molecule has 0 spiro atoms. The average Bonchev–Trinajstić information content (AvgIpc) is 2.79. The van der Waals surface area contributed by atoms with Crippen molar-refractivity contribution >= 4 is 17.6 Å². The van der Waals surface area contributed by atoms with Crippen molar-refractivity contribution in [3.05, 3.63) is 0 Å². The third-order valence-corrected chi connectivity index (χ3v) is 6.10. The average molecular weight is 483 g/mol. The smallest absolute Gasteiger partial charge is 0.242 e. The van der Waals surface area contributed by atoms with E-state index in [0.29, 0.717) is 31.7 Å². The topological polar surface area (TPSA) is 90.5 Å². The summed E-state index contributed by atoms with van der Waals surface area (Å²) in [4.78, 5) is 37.8. The van der Waals surface area contributed by atoms with Gasteiger partial charge >= 0.3 is 0 Å². The zero-order valence-corrected chi connectivity index (χ0v) is 22.7. The van der Waals surface area contributed by atoms with Gasteiger partial charge in [0.25, 0.3) is 0 Å². The number of nitrogens with one attached hydrogen (secondary N) is 3. The van der Waals surface area contributed by atoms with Gasteiger partial charge in [-0.05, 0) is 66.8 Å². The molecule has 1 atom stereocenters. The molecule has 0 bridgehead atoms. The zero-order valence-electron chi connectivity index (χ0n) is 22.7. The van der Waals surface area contributed by atoms with Crippen LogP contribution in [0.1, 0.15) is 110 Å². The van der Waals surface area contributed by atoms with Crippen LogP contribution in [0.5, 0.6) is 0 Å². The van der Waals surface area contributed by atoms with E-state index in [-0.39, 0.29) is 11.8 Å². The predicted octanol–water partition coefficient (Wildman–Crippen LogP) is 4.20. The summed E-state index contributed by atoms with van der Waals surface area (Å²) in [6.45, 7) is 3.92. The molecular weight excluding hydrogens is 428 g/mol. The molecule has 0 heterocycles. The summed E-state index contributed by atoms with van der Waals surface area (Å²) in [5, 5.41) is 8.94. The summed E-state index contributed by atoms with van der Waals surface area (Å²) >= 11 is 0. The Morgan fingerprint density at radius 3 is 1.68 bits per heavy atom. The Balaban J connectivity index is 3.75. The second-order valence-electron chi connectivity index (χ2n) is 9.90. The van der Waals surface area contributed by atoms with Crippen LogP contribution in [-0.2, 0) is 14.4 Å². The first kappa shape index (κ1) is 32.5. The summed E-state index contributed by atoms with van der Waals surface area (Å²) in [6, 6.07) is -0.464. The fourth-order valence-electron chi connectivity index (χ4n) is 3.98. The van der Waals surface area contributed by atoms with E-state index in [9.17, 15) is 14.4 Å². The van der Waals surface area contributed by atoms with E-state index < -0.39 is 6.04 Å². The number of amides is 2. The van der Waals surface area contributed by atoms with Crippen molar-refractivity contribution in [1.82, 2.24) is 20.9 Å². The first-order valence-electron chi connectivity index (χ1n) is 13.7. The van der Waals surface area contributed by atoms with Crippen molar-refractivity contribution in [3.63, 3.8) is 0 Å². The molecule has 3 N–H and O–H groups in total. The van der Waals surface area contributed by atoms with Gasteiger partial charge in [0.05, 0.1) is 0 Å². The highest BCUT2D eigenvalue weighted by Gasteiger charge is 2.19. The molecule has 2 amide bonds. The number of nitrogens with zero attached hydrogens (tertiary/aromatic N) is 1. The maximum atomic E-state index is 12.5. The second-order valence-corrected chi connectivity index (χ2v) is 9.90. The van der Waals surface area contributed by atoms with Crippen LogP contribution in [-0.4, -0.2) is 69.3 Å². The number of carbonyl (C=O) groups is 3. The Bertz CT molecular complexity index is 526. The fraction of sp³-hybridized carbons (Fsp3) is 0.889. The lowest BCUT2D eigenvalue weighted by atomic mass is 10.0. The molecule has 7 heteroatoms. The molecule has 7 nitrogen and oxygen atoms in total. The Morgan fingerprint density at radius 2 is 1.21 bits per heavy atom. The molecule has 0 saturated heterocycles. The number of Topliss-reactive ketones (excluding diaryl/α,β-unsaturated/α-hetero) is 1. The standard InChI is InChI=1S/C27H54N4O3/c1-24(32)18-15-13-11-9-7-5-6-8-10-12-14-16-19-26(33)30-25(20-22-28-2)27(34)29-21-17-23-31(3)4/h25,28H,5-23H2,1-4H3,(H,29,34)(H,30,33). The van der Waals surface area contributed by atoms with E-state index in [1.54, 1.807) is 6.92 Å². The van der Waals surface area contributed by atoms with Gasteiger partial charge in [-0.25, -0.2) is 0 Å².